The van der Waals surface area contributed by atoms with Gasteiger partial charge in [-0.2, -0.15) is 0 Å². The Balaban J connectivity index is 1.15. The normalized spacial score (nSPS) is 14.2. The third-order valence-electron chi connectivity index (χ3n) is 7.81. The molecule has 0 spiro atoms. The Labute approximate surface area is 294 Å². The molecule has 1 aliphatic heterocycles. The van der Waals surface area contributed by atoms with Crippen LogP contribution >= 0.6 is 11.6 Å². The van der Waals surface area contributed by atoms with Crippen molar-refractivity contribution in [2.75, 3.05) is 65.9 Å². The van der Waals surface area contributed by atoms with Gasteiger partial charge in [-0.1, -0.05) is 67.9 Å². The number of nitrogens with zero attached hydrogens (tertiary/aromatic N) is 2. The first-order valence-electron chi connectivity index (χ1n) is 17.4. The first-order chi connectivity index (χ1) is 24.0. The van der Waals surface area contributed by atoms with E-state index in [1.807, 2.05) is 12.1 Å². The second kappa shape index (κ2) is 24.8. The Bertz CT molecular complexity index is 1210. The second-order valence-electron chi connectivity index (χ2n) is 11.8. The third-order valence-corrected chi connectivity index (χ3v) is 8.07. The molecule has 2 N–H and O–H groups in total. The zero-order chi connectivity index (χ0) is 34.9. The highest BCUT2D eigenvalue weighted by Crippen LogP contribution is 2.20. The number of carbonyl (C=O) groups excluding carboxylic acids is 3. The van der Waals surface area contributed by atoms with E-state index in [0.29, 0.717) is 82.2 Å². The van der Waals surface area contributed by atoms with Crippen LogP contribution in [0.25, 0.3) is 0 Å². The van der Waals surface area contributed by atoms with Crippen LogP contribution in [-0.2, 0) is 52.8 Å². The molecular formula is C35H53ClN4O9. The maximum Gasteiger partial charge on any atom is 0.407 e. The molecule has 14 heteroatoms. The number of carbonyl (C=O) groups is 3. The minimum absolute atomic E-state index is 0.0530. The maximum atomic E-state index is 13.0. The van der Waals surface area contributed by atoms with Crippen LogP contribution in [0.4, 0.5) is 4.79 Å². The summed E-state index contributed by atoms with van der Waals surface area (Å²) in [5, 5.41) is 10.0. The van der Waals surface area contributed by atoms with Crippen molar-refractivity contribution in [1.29, 1.82) is 0 Å². The van der Waals surface area contributed by atoms with E-state index in [4.69, 9.17) is 39.8 Å². The summed E-state index contributed by atoms with van der Waals surface area (Å²) in [5.74, 6) is -0.108. The molecule has 0 radical (unpaired) electrons. The lowest BCUT2D eigenvalue weighted by molar-refractivity contribution is -0.138. The van der Waals surface area contributed by atoms with Crippen molar-refractivity contribution in [3.63, 3.8) is 0 Å². The zero-order valence-electron chi connectivity index (χ0n) is 28.8. The van der Waals surface area contributed by atoms with E-state index in [0.717, 1.165) is 25.0 Å². The number of aromatic nitrogens is 1. The molecule has 49 heavy (non-hydrogen) atoms. The average Bonchev–Trinajstić information content (AvgIpc) is 3.78. The molecule has 274 valence electrons. The first kappa shape index (κ1) is 40.2. The van der Waals surface area contributed by atoms with Crippen LogP contribution in [0.1, 0.15) is 75.3 Å². The van der Waals surface area contributed by atoms with E-state index in [9.17, 15) is 14.4 Å². The van der Waals surface area contributed by atoms with E-state index in [-0.39, 0.29) is 31.4 Å². The minimum Gasteiger partial charge on any atom is -0.443 e. The molecule has 1 aromatic carbocycles. The number of likely N-dealkylation sites (tertiary alicyclic amines) is 1. The molecule has 2 aromatic rings. The lowest BCUT2D eigenvalue weighted by atomic mass is 10.1. The smallest absolute Gasteiger partial charge is 0.407 e. The SMILES string of the molecule is CCCCCCCCOCCOCCOCCOCCNC(=O)OCc1cc(CC(=O)N2CCCC2C(=O)NCc2ccc(Cl)cc2)on1. The highest BCUT2D eigenvalue weighted by Gasteiger charge is 2.34. The van der Waals surface area contributed by atoms with Crippen LogP contribution in [0, 0.1) is 0 Å². The van der Waals surface area contributed by atoms with Crippen molar-refractivity contribution in [2.45, 2.75) is 83.9 Å². The van der Waals surface area contributed by atoms with Gasteiger partial charge in [0.05, 0.1) is 52.7 Å². The summed E-state index contributed by atoms with van der Waals surface area (Å²) in [5.41, 5.74) is 1.29. The summed E-state index contributed by atoms with van der Waals surface area (Å²) < 4.78 is 32.4. The van der Waals surface area contributed by atoms with E-state index >= 15 is 0 Å². The van der Waals surface area contributed by atoms with Crippen molar-refractivity contribution in [2.24, 2.45) is 0 Å². The fourth-order valence-corrected chi connectivity index (χ4v) is 5.29. The lowest BCUT2D eigenvalue weighted by Gasteiger charge is -2.23. The van der Waals surface area contributed by atoms with Gasteiger partial charge in [0.25, 0.3) is 0 Å². The van der Waals surface area contributed by atoms with E-state index in [2.05, 4.69) is 22.7 Å². The Kier molecular flexibility index (Phi) is 20.4. The number of hydrogen-bond acceptors (Lipinski definition) is 10. The Hall–Kier alpha value is -3.23. The number of amides is 3. The number of ether oxygens (including phenoxy) is 5. The largest absolute Gasteiger partial charge is 0.443 e. The van der Waals surface area contributed by atoms with Gasteiger partial charge in [-0.25, -0.2) is 4.79 Å². The summed E-state index contributed by atoms with van der Waals surface area (Å²) >= 11 is 5.92. The number of halogens is 1. The Morgan fingerprint density at radius 1 is 0.878 bits per heavy atom. The fourth-order valence-electron chi connectivity index (χ4n) is 5.17. The molecule has 3 amide bonds. The molecule has 13 nitrogen and oxygen atoms in total. The molecule has 2 heterocycles. The molecule has 1 aromatic heterocycles. The quantitative estimate of drug-likeness (QED) is 0.130. The molecule has 3 rings (SSSR count). The zero-order valence-corrected chi connectivity index (χ0v) is 29.5. The van der Waals surface area contributed by atoms with Gasteiger partial charge < -0.3 is 43.7 Å². The summed E-state index contributed by atoms with van der Waals surface area (Å²) in [7, 11) is 0. The molecular weight excluding hydrogens is 656 g/mol. The van der Waals surface area contributed by atoms with E-state index in [1.54, 1.807) is 23.1 Å². The number of alkyl carbamates (subject to hydrolysis) is 1. The first-order valence-corrected chi connectivity index (χ1v) is 17.8. The number of nitrogens with one attached hydrogen (secondary N) is 2. The van der Waals surface area contributed by atoms with Gasteiger partial charge in [0.2, 0.25) is 11.8 Å². The topological polar surface area (TPSA) is 151 Å². The van der Waals surface area contributed by atoms with Gasteiger partial charge in [-0.3, -0.25) is 9.59 Å². The van der Waals surface area contributed by atoms with Crippen molar-refractivity contribution < 1.29 is 42.6 Å². The molecule has 1 saturated heterocycles. The Morgan fingerprint density at radius 2 is 1.53 bits per heavy atom. The van der Waals surface area contributed by atoms with Crippen molar-refractivity contribution in [3.05, 3.63) is 52.4 Å². The summed E-state index contributed by atoms with van der Waals surface area (Å²) in [4.78, 5) is 39.4. The summed E-state index contributed by atoms with van der Waals surface area (Å²) in [6, 6.07) is 8.24. The second-order valence-corrected chi connectivity index (χ2v) is 12.2. The van der Waals surface area contributed by atoms with E-state index in [1.165, 1.54) is 32.1 Å². The standard InChI is InChI=1S/C35H53ClN4O9/c1-2-3-4-5-6-7-16-44-18-20-46-22-23-47-21-19-45-17-14-37-35(43)48-27-30-24-31(49-39-30)25-33(41)40-15-8-9-32(40)34(42)38-26-28-10-12-29(36)13-11-28/h10-13,24,32H,2-9,14-23,25-27H2,1H3,(H,37,43)(H,38,42). The molecule has 0 aliphatic carbocycles. The van der Waals surface area contributed by atoms with Crippen LogP contribution in [0.2, 0.25) is 5.02 Å². The molecule has 1 fully saturated rings. The number of benzene rings is 1. The molecule has 0 bridgehead atoms. The van der Waals surface area contributed by atoms with Gasteiger partial charge in [0, 0.05) is 37.3 Å². The predicted octanol–water partition coefficient (Wildman–Crippen LogP) is 4.83. The highest BCUT2D eigenvalue weighted by atomic mass is 35.5. The van der Waals surface area contributed by atoms with Crippen LogP contribution in [0.5, 0.6) is 0 Å². The molecule has 1 unspecified atom stereocenters. The highest BCUT2D eigenvalue weighted by molar-refractivity contribution is 6.30. The van der Waals surface area contributed by atoms with Gasteiger partial charge in [0.15, 0.2) is 0 Å². The van der Waals surface area contributed by atoms with Gasteiger partial charge in [0.1, 0.15) is 24.1 Å². The molecule has 0 saturated carbocycles. The molecule has 1 aliphatic rings. The minimum atomic E-state index is -0.627. The Morgan fingerprint density at radius 3 is 2.24 bits per heavy atom. The van der Waals surface area contributed by atoms with Crippen LogP contribution < -0.4 is 10.6 Å². The van der Waals surface area contributed by atoms with Crippen molar-refractivity contribution >= 4 is 29.5 Å². The van der Waals surface area contributed by atoms with Crippen molar-refractivity contribution in [1.82, 2.24) is 20.7 Å². The fraction of sp³-hybridized carbons (Fsp3) is 0.657. The van der Waals surface area contributed by atoms with Crippen LogP contribution in [-0.4, -0.2) is 100.0 Å². The number of rotatable bonds is 26. The lowest BCUT2D eigenvalue weighted by Crippen LogP contribution is -2.46. The van der Waals surface area contributed by atoms with E-state index < -0.39 is 12.1 Å². The van der Waals surface area contributed by atoms with Gasteiger partial charge in [-0.15, -0.1) is 0 Å². The monoisotopic (exact) mass is 708 g/mol. The maximum absolute atomic E-state index is 13.0. The van der Waals surface area contributed by atoms with Crippen LogP contribution in [0.15, 0.2) is 34.9 Å². The third kappa shape index (κ3) is 17.3. The van der Waals surface area contributed by atoms with Crippen molar-refractivity contribution in [3.8, 4) is 0 Å². The van der Waals surface area contributed by atoms with Crippen LogP contribution in [0.3, 0.4) is 0 Å². The van der Waals surface area contributed by atoms with Gasteiger partial charge >= 0.3 is 6.09 Å². The van der Waals surface area contributed by atoms with Gasteiger partial charge in [-0.05, 0) is 37.0 Å². The predicted molar refractivity (Wildman–Crippen MR) is 183 cm³/mol. The molecule has 1 atom stereocenters. The number of hydrogen-bond donors (Lipinski definition) is 2. The summed E-state index contributed by atoms with van der Waals surface area (Å²) in [6.07, 6.45) is 8.17. The number of unbranched alkanes of at least 4 members (excludes halogenated alkanes) is 5. The summed E-state index contributed by atoms with van der Waals surface area (Å²) in [6.45, 7) is 7.26. The average molecular weight is 709 g/mol.